The summed E-state index contributed by atoms with van der Waals surface area (Å²) in [5.41, 5.74) is 1.95. The Morgan fingerprint density at radius 2 is 2.08 bits per heavy atom. The molecule has 3 heterocycles. The van der Waals surface area contributed by atoms with Crippen molar-refractivity contribution in [2.75, 3.05) is 13.7 Å². The molecule has 2 aliphatic rings. The third-order valence-corrected chi connectivity index (χ3v) is 5.36. The number of nitrogens with zero attached hydrogens (tertiary/aromatic N) is 2. The fraction of sp³-hybridized carbons (Fsp3) is 0.294. The largest absolute Gasteiger partial charge is 0.467 e. The fourth-order valence-electron chi connectivity index (χ4n) is 3.22. The van der Waals surface area contributed by atoms with Crippen LogP contribution in [0.15, 0.2) is 41.8 Å². The minimum Gasteiger partial charge on any atom is -0.467 e. The van der Waals surface area contributed by atoms with E-state index in [2.05, 4.69) is 0 Å². The second kappa shape index (κ2) is 5.92. The Hall–Kier alpha value is -2.38. The average Bonchev–Trinajstić information content (AvgIpc) is 3.20. The standard InChI is InChI=1S/C17H16N2O4S/c1-22-16(20)14-15-12(7-8-24-15)13-9-18(14)17(21)19(13)23-10-11-5-3-2-4-6-11/h2-8,13-14H,9-10H2,1H3. The van der Waals surface area contributed by atoms with Crippen molar-refractivity contribution < 1.29 is 19.2 Å². The summed E-state index contributed by atoms with van der Waals surface area (Å²) in [6.07, 6.45) is 0. The number of amides is 2. The zero-order valence-corrected chi connectivity index (χ0v) is 13.9. The number of carbonyl (C=O) groups excluding carboxylic acids is 2. The first kappa shape index (κ1) is 15.2. The second-order valence-electron chi connectivity index (χ2n) is 5.70. The van der Waals surface area contributed by atoms with Crippen molar-refractivity contribution in [2.45, 2.75) is 18.7 Å². The highest BCUT2D eigenvalue weighted by Gasteiger charge is 2.52. The predicted octanol–water partition coefficient (Wildman–Crippen LogP) is 2.89. The van der Waals surface area contributed by atoms with Crippen molar-refractivity contribution in [3.05, 3.63) is 57.8 Å². The molecule has 2 amide bonds. The van der Waals surface area contributed by atoms with E-state index >= 15 is 0 Å². The van der Waals surface area contributed by atoms with E-state index in [1.165, 1.54) is 28.4 Å². The number of hydrogen-bond acceptors (Lipinski definition) is 5. The van der Waals surface area contributed by atoms with Crippen LogP contribution in [-0.2, 0) is 21.0 Å². The van der Waals surface area contributed by atoms with Crippen molar-refractivity contribution in [2.24, 2.45) is 0 Å². The Morgan fingerprint density at radius 1 is 1.29 bits per heavy atom. The molecule has 2 aliphatic heterocycles. The number of esters is 1. The highest BCUT2D eigenvalue weighted by molar-refractivity contribution is 7.10. The van der Waals surface area contributed by atoms with Crippen molar-refractivity contribution in [3.63, 3.8) is 0 Å². The van der Waals surface area contributed by atoms with E-state index in [0.29, 0.717) is 13.2 Å². The molecule has 0 radical (unpaired) electrons. The maximum Gasteiger partial charge on any atom is 0.345 e. The number of carbonyl (C=O) groups is 2. The molecule has 2 unspecified atom stereocenters. The van der Waals surface area contributed by atoms with Gasteiger partial charge in [0.1, 0.15) is 12.6 Å². The van der Waals surface area contributed by atoms with E-state index in [9.17, 15) is 9.59 Å². The third-order valence-electron chi connectivity index (χ3n) is 4.37. The van der Waals surface area contributed by atoms with Gasteiger partial charge in [-0.3, -0.25) is 4.84 Å². The summed E-state index contributed by atoms with van der Waals surface area (Å²) >= 11 is 1.47. The molecule has 7 heteroatoms. The Bertz CT molecular complexity index is 776. The van der Waals surface area contributed by atoms with Crippen molar-refractivity contribution in [3.8, 4) is 0 Å². The summed E-state index contributed by atoms with van der Waals surface area (Å²) in [5, 5.41) is 3.32. The molecule has 0 aliphatic carbocycles. The molecule has 124 valence electrons. The summed E-state index contributed by atoms with van der Waals surface area (Å²) in [7, 11) is 1.34. The van der Waals surface area contributed by atoms with Gasteiger partial charge in [0.05, 0.1) is 13.7 Å². The molecule has 0 spiro atoms. The molecular weight excluding hydrogens is 328 g/mol. The van der Waals surface area contributed by atoms with Crippen molar-refractivity contribution >= 4 is 23.3 Å². The number of thiophene rings is 1. The van der Waals surface area contributed by atoms with E-state index in [0.717, 1.165) is 16.0 Å². The van der Waals surface area contributed by atoms with Crippen LogP contribution in [0.4, 0.5) is 4.79 Å². The van der Waals surface area contributed by atoms with Gasteiger partial charge in [-0.1, -0.05) is 30.3 Å². The molecule has 0 N–H and O–H groups in total. The first-order chi connectivity index (χ1) is 11.7. The number of urea groups is 1. The van der Waals surface area contributed by atoms with E-state index < -0.39 is 12.0 Å². The smallest absolute Gasteiger partial charge is 0.345 e. The zero-order valence-electron chi connectivity index (χ0n) is 13.0. The van der Waals surface area contributed by atoms with E-state index in [-0.39, 0.29) is 12.1 Å². The number of benzene rings is 1. The van der Waals surface area contributed by atoms with Crippen LogP contribution in [0.3, 0.4) is 0 Å². The molecule has 1 aromatic heterocycles. The normalized spacial score (nSPS) is 21.8. The van der Waals surface area contributed by atoms with Gasteiger partial charge in [0.25, 0.3) is 0 Å². The van der Waals surface area contributed by atoms with Crippen LogP contribution in [0.2, 0.25) is 0 Å². The molecule has 1 fully saturated rings. The molecule has 2 aromatic rings. The van der Waals surface area contributed by atoms with Crippen LogP contribution in [0.5, 0.6) is 0 Å². The average molecular weight is 344 g/mol. The van der Waals surface area contributed by atoms with Gasteiger partial charge in [0.15, 0.2) is 6.04 Å². The number of hydroxylamine groups is 2. The predicted molar refractivity (Wildman–Crippen MR) is 87.0 cm³/mol. The fourth-order valence-corrected chi connectivity index (χ4v) is 4.27. The topological polar surface area (TPSA) is 59.1 Å². The van der Waals surface area contributed by atoms with Gasteiger partial charge < -0.3 is 9.64 Å². The monoisotopic (exact) mass is 344 g/mol. The van der Waals surface area contributed by atoms with Gasteiger partial charge in [-0.2, -0.15) is 5.06 Å². The van der Waals surface area contributed by atoms with Crippen molar-refractivity contribution in [1.29, 1.82) is 0 Å². The number of rotatable bonds is 4. The highest BCUT2D eigenvalue weighted by atomic mass is 32.1. The number of fused-ring (bicyclic) bond motifs is 4. The maximum atomic E-state index is 12.7. The van der Waals surface area contributed by atoms with Crippen LogP contribution < -0.4 is 0 Å². The molecule has 1 aromatic carbocycles. The van der Waals surface area contributed by atoms with Crippen molar-refractivity contribution in [1.82, 2.24) is 9.96 Å². The first-order valence-corrected chi connectivity index (χ1v) is 8.50. The Balaban J connectivity index is 1.61. The second-order valence-corrected chi connectivity index (χ2v) is 6.65. The first-order valence-electron chi connectivity index (χ1n) is 7.62. The lowest BCUT2D eigenvalue weighted by molar-refractivity contribution is -0.146. The summed E-state index contributed by atoms with van der Waals surface area (Å²) in [4.78, 5) is 33.1. The summed E-state index contributed by atoms with van der Waals surface area (Å²) in [6, 6.07) is 10.5. The third kappa shape index (κ3) is 2.28. The van der Waals surface area contributed by atoms with E-state index in [1.54, 1.807) is 0 Å². The number of methoxy groups -OCH3 is 1. The molecule has 1 saturated heterocycles. The van der Waals surface area contributed by atoms with Crippen LogP contribution in [0, 0.1) is 0 Å². The molecule has 6 nitrogen and oxygen atoms in total. The summed E-state index contributed by atoms with van der Waals surface area (Å²) < 4.78 is 4.89. The quantitative estimate of drug-likeness (QED) is 0.800. The van der Waals surface area contributed by atoms with Gasteiger partial charge >= 0.3 is 12.0 Å². The molecule has 24 heavy (non-hydrogen) atoms. The van der Waals surface area contributed by atoms with Crippen LogP contribution in [-0.4, -0.2) is 35.6 Å². The van der Waals surface area contributed by atoms with Gasteiger partial charge in [-0.05, 0) is 22.6 Å². The highest BCUT2D eigenvalue weighted by Crippen LogP contribution is 2.46. The number of ether oxygens (including phenoxy) is 1. The van der Waals surface area contributed by atoms with Crippen LogP contribution >= 0.6 is 11.3 Å². The van der Waals surface area contributed by atoms with E-state index in [4.69, 9.17) is 9.57 Å². The molecule has 2 bridgehead atoms. The minimum absolute atomic E-state index is 0.191. The molecule has 2 atom stereocenters. The lowest BCUT2D eigenvalue weighted by Crippen LogP contribution is -2.38. The minimum atomic E-state index is -0.681. The SMILES string of the molecule is COC(=O)C1c2sccc2C2CN1C(=O)N2OCc1ccccc1. The van der Waals surface area contributed by atoms with Gasteiger partial charge in [0, 0.05) is 4.88 Å². The number of hydrogen-bond donors (Lipinski definition) is 0. The van der Waals surface area contributed by atoms with Crippen LogP contribution in [0.1, 0.15) is 28.1 Å². The Morgan fingerprint density at radius 3 is 2.83 bits per heavy atom. The lowest BCUT2D eigenvalue weighted by Gasteiger charge is -2.28. The molecular formula is C17H16N2O4S. The maximum absolute atomic E-state index is 12.7. The Labute approximate surface area is 143 Å². The zero-order chi connectivity index (χ0) is 16.7. The van der Waals surface area contributed by atoms with Gasteiger partial charge in [-0.25, -0.2) is 9.59 Å². The van der Waals surface area contributed by atoms with Gasteiger partial charge in [-0.15, -0.1) is 11.3 Å². The molecule has 4 rings (SSSR count). The van der Waals surface area contributed by atoms with Gasteiger partial charge in [0.2, 0.25) is 0 Å². The Kier molecular flexibility index (Phi) is 3.74. The lowest BCUT2D eigenvalue weighted by atomic mass is 10.00. The van der Waals surface area contributed by atoms with E-state index in [1.807, 2.05) is 41.8 Å². The van der Waals surface area contributed by atoms with Crippen LogP contribution in [0.25, 0.3) is 0 Å². The molecule has 0 saturated carbocycles. The summed E-state index contributed by atoms with van der Waals surface area (Å²) in [5.74, 6) is -0.421. The summed E-state index contributed by atoms with van der Waals surface area (Å²) in [6.45, 7) is 0.733.